The van der Waals surface area contributed by atoms with Crippen molar-refractivity contribution in [1.82, 2.24) is 15.1 Å². The summed E-state index contributed by atoms with van der Waals surface area (Å²) in [5, 5.41) is 19.3. The van der Waals surface area contributed by atoms with Gasteiger partial charge < -0.3 is 10.2 Å². The summed E-state index contributed by atoms with van der Waals surface area (Å²) in [4.78, 5) is 13.1. The fourth-order valence-electron chi connectivity index (χ4n) is 3.01. The van der Waals surface area contributed by atoms with Gasteiger partial charge in [-0.3, -0.25) is 10.1 Å². The number of nitrogens with zero attached hydrogens (tertiary/aromatic N) is 4. The molecule has 1 saturated heterocycles. The van der Waals surface area contributed by atoms with Crippen molar-refractivity contribution in [2.24, 2.45) is 7.05 Å². The molecule has 1 aromatic rings. The molecule has 0 saturated carbocycles. The molecule has 1 N–H and O–H groups in total. The predicted octanol–water partition coefficient (Wildman–Crippen LogP) is 2.03. The van der Waals surface area contributed by atoms with Gasteiger partial charge in [0.1, 0.15) is 5.69 Å². The molecule has 1 unspecified atom stereocenters. The summed E-state index contributed by atoms with van der Waals surface area (Å²) in [5.41, 5.74) is 0.701. The molecule has 0 bridgehead atoms. The van der Waals surface area contributed by atoms with Crippen LogP contribution < -0.4 is 10.2 Å². The van der Waals surface area contributed by atoms with E-state index in [0.717, 1.165) is 19.5 Å². The number of piperidine rings is 1. The van der Waals surface area contributed by atoms with Crippen LogP contribution in [0.25, 0.3) is 0 Å². The van der Waals surface area contributed by atoms with Gasteiger partial charge in [-0.2, -0.15) is 5.10 Å². The average Bonchev–Trinajstić information content (AvgIpc) is 2.78. The number of hydrogen-bond donors (Lipinski definition) is 1. The van der Waals surface area contributed by atoms with Crippen LogP contribution in [0.4, 0.5) is 11.5 Å². The minimum atomic E-state index is -0.303. The van der Waals surface area contributed by atoms with Crippen LogP contribution in [0, 0.1) is 10.1 Å². The quantitative estimate of drug-likeness (QED) is 0.664. The van der Waals surface area contributed by atoms with Crippen molar-refractivity contribution in [3.63, 3.8) is 0 Å². The van der Waals surface area contributed by atoms with Crippen LogP contribution in [-0.2, 0) is 7.05 Å². The monoisotopic (exact) mass is 295 g/mol. The number of likely N-dealkylation sites (N-methyl/N-ethyl adjacent to an activating group) is 1. The second-order valence-corrected chi connectivity index (χ2v) is 6.12. The van der Waals surface area contributed by atoms with E-state index in [-0.39, 0.29) is 16.5 Å². The minimum Gasteiger partial charge on any atom is -0.353 e. The minimum absolute atomic E-state index is 0.0338. The Bertz CT molecular complexity index is 506. The first-order valence-corrected chi connectivity index (χ1v) is 7.57. The Morgan fingerprint density at radius 3 is 2.76 bits per heavy atom. The molecule has 1 aliphatic rings. The number of hydrogen-bond acceptors (Lipinski definition) is 5. The van der Waals surface area contributed by atoms with Crippen molar-refractivity contribution >= 4 is 11.5 Å². The second-order valence-electron chi connectivity index (χ2n) is 6.12. The highest BCUT2D eigenvalue weighted by Crippen LogP contribution is 2.34. The van der Waals surface area contributed by atoms with E-state index in [4.69, 9.17) is 0 Å². The molecular formula is C14H25N5O2. The maximum absolute atomic E-state index is 11.5. The molecular weight excluding hydrogens is 270 g/mol. The third-order valence-corrected chi connectivity index (χ3v) is 4.02. The van der Waals surface area contributed by atoms with Gasteiger partial charge >= 0.3 is 5.69 Å². The molecule has 118 valence electrons. The van der Waals surface area contributed by atoms with E-state index >= 15 is 0 Å². The van der Waals surface area contributed by atoms with Crippen molar-refractivity contribution in [2.45, 2.75) is 45.1 Å². The largest absolute Gasteiger partial charge is 0.353 e. The highest BCUT2D eigenvalue weighted by atomic mass is 16.6. The number of nitro groups is 1. The van der Waals surface area contributed by atoms with Crippen molar-refractivity contribution in [3.05, 3.63) is 15.8 Å². The molecule has 1 aliphatic heterocycles. The molecule has 2 heterocycles. The summed E-state index contributed by atoms with van der Waals surface area (Å²) in [6, 6.07) is 0.390. The van der Waals surface area contributed by atoms with Crippen LogP contribution in [0.2, 0.25) is 0 Å². The number of nitrogens with one attached hydrogen (secondary N) is 1. The SMILES string of the molecule is CC(C)c1nn(C)c(N(C)CC2CCCCN2)c1[N+](=O)[O-]. The summed E-state index contributed by atoms with van der Waals surface area (Å²) in [6.45, 7) is 5.66. The highest BCUT2D eigenvalue weighted by molar-refractivity contribution is 5.62. The summed E-state index contributed by atoms with van der Waals surface area (Å²) in [6.07, 6.45) is 3.55. The lowest BCUT2D eigenvalue weighted by Gasteiger charge is -2.28. The molecule has 0 aromatic carbocycles. The fourth-order valence-corrected chi connectivity index (χ4v) is 3.01. The zero-order valence-corrected chi connectivity index (χ0v) is 13.3. The summed E-state index contributed by atoms with van der Waals surface area (Å²) < 4.78 is 1.64. The zero-order chi connectivity index (χ0) is 15.6. The van der Waals surface area contributed by atoms with E-state index in [1.54, 1.807) is 11.7 Å². The van der Waals surface area contributed by atoms with Gasteiger partial charge in [-0.15, -0.1) is 0 Å². The van der Waals surface area contributed by atoms with Gasteiger partial charge in [-0.05, 0) is 19.4 Å². The fraction of sp³-hybridized carbons (Fsp3) is 0.786. The zero-order valence-electron chi connectivity index (χ0n) is 13.3. The topological polar surface area (TPSA) is 76.2 Å². The van der Waals surface area contributed by atoms with Gasteiger partial charge in [0.2, 0.25) is 5.82 Å². The molecule has 7 heteroatoms. The maximum atomic E-state index is 11.5. The summed E-state index contributed by atoms with van der Waals surface area (Å²) in [5.74, 6) is 0.627. The maximum Gasteiger partial charge on any atom is 0.334 e. The second kappa shape index (κ2) is 6.43. The number of rotatable bonds is 5. The molecule has 2 rings (SSSR count). The molecule has 7 nitrogen and oxygen atoms in total. The van der Waals surface area contributed by atoms with Crippen molar-refractivity contribution in [1.29, 1.82) is 0 Å². The molecule has 21 heavy (non-hydrogen) atoms. The van der Waals surface area contributed by atoms with E-state index in [2.05, 4.69) is 10.4 Å². The Kier molecular flexibility index (Phi) is 4.82. The van der Waals surface area contributed by atoms with E-state index in [9.17, 15) is 10.1 Å². The molecule has 0 radical (unpaired) electrons. The predicted molar refractivity (Wildman–Crippen MR) is 82.9 cm³/mol. The highest BCUT2D eigenvalue weighted by Gasteiger charge is 2.31. The Labute approximate surface area is 125 Å². The Morgan fingerprint density at radius 2 is 2.24 bits per heavy atom. The van der Waals surface area contributed by atoms with E-state index < -0.39 is 0 Å². The first-order valence-electron chi connectivity index (χ1n) is 7.57. The van der Waals surface area contributed by atoms with E-state index in [1.807, 2.05) is 25.8 Å². The van der Waals surface area contributed by atoms with Crippen LogP contribution in [0.5, 0.6) is 0 Å². The van der Waals surface area contributed by atoms with Gasteiger partial charge in [-0.1, -0.05) is 20.3 Å². The molecule has 1 fully saturated rings. The summed E-state index contributed by atoms with van der Waals surface area (Å²) >= 11 is 0. The number of anilines is 1. The van der Waals surface area contributed by atoms with Gasteiger partial charge in [-0.25, -0.2) is 4.68 Å². The van der Waals surface area contributed by atoms with Crippen molar-refractivity contribution < 1.29 is 4.92 Å². The first kappa shape index (κ1) is 15.8. The first-order chi connectivity index (χ1) is 9.91. The normalized spacial score (nSPS) is 19.0. The Morgan fingerprint density at radius 1 is 1.52 bits per heavy atom. The van der Waals surface area contributed by atoms with Crippen LogP contribution in [0.15, 0.2) is 0 Å². The summed E-state index contributed by atoms with van der Waals surface area (Å²) in [7, 11) is 3.68. The molecule has 0 amide bonds. The van der Waals surface area contributed by atoms with Gasteiger partial charge in [0.05, 0.1) is 4.92 Å². The molecule has 1 atom stereocenters. The van der Waals surface area contributed by atoms with E-state index in [1.165, 1.54) is 12.8 Å². The third kappa shape index (κ3) is 3.34. The lowest BCUT2D eigenvalue weighted by Crippen LogP contribution is -2.43. The standard InChI is InChI=1S/C14H25N5O2/c1-10(2)12-13(19(20)21)14(18(4)16-12)17(3)9-11-7-5-6-8-15-11/h10-11,15H,5-9H2,1-4H3. The molecule has 0 aliphatic carbocycles. The number of aryl methyl sites for hydroxylation is 1. The lowest BCUT2D eigenvalue weighted by atomic mass is 10.0. The number of aromatic nitrogens is 2. The van der Waals surface area contributed by atoms with Gasteiger partial charge in [0, 0.05) is 32.6 Å². The van der Waals surface area contributed by atoms with Gasteiger partial charge in [0.25, 0.3) is 0 Å². The van der Waals surface area contributed by atoms with Crippen LogP contribution in [0.3, 0.4) is 0 Å². The molecule has 1 aromatic heterocycles. The van der Waals surface area contributed by atoms with Gasteiger partial charge in [0.15, 0.2) is 0 Å². The van der Waals surface area contributed by atoms with Crippen LogP contribution in [0.1, 0.15) is 44.7 Å². The van der Waals surface area contributed by atoms with Crippen LogP contribution >= 0.6 is 0 Å². The van der Waals surface area contributed by atoms with E-state index in [0.29, 0.717) is 17.6 Å². The lowest BCUT2D eigenvalue weighted by molar-refractivity contribution is -0.385. The molecule has 0 spiro atoms. The smallest absolute Gasteiger partial charge is 0.334 e. The average molecular weight is 295 g/mol. The van der Waals surface area contributed by atoms with Crippen LogP contribution in [-0.4, -0.2) is 40.9 Å². The third-order valence-electron chi connectivity index (χ3n) is 4.02. The Balaban J connectivity index is 2.26. The Hall–Kier alpha value is -1.63. The van der Waals surface area contributed by atoms with Crippen molar-refractivity contribution in [2.75, 3.05) is 25.0 Å². The van der Waals surface area contributed by atoms with Crippen molar-refractivity contribution in [3.8, 4) is 0 Å².